The van der Waals surface area contributed by atoms with E-state index in [0.717, 1.165) is 11.2 Å². The maximum atomic E-state index is 14.0. The highest BCUT2D eigenvalue weighted by atomic mass is 19.1. The third kappa shape index (κ3) is 2.79. The predicted molar refractivity (Wildman–Crippen MR) is 94.9 cm³/mol. The first-order valence-electron chi connectivity index (χ1n) is 9.21. The van der Waals surface area contributed by atoms with Crippen LogP contribution in [0.15, 0.2) is 67.1 Å². The average Bonchev–Trinajstić information content (AvgIpc) is 3.10. The van der Waals surface area contributed by atoms with Gasteiger partial charge in [-0.2, -0.15) is 4.39 Å². The number of benzene rings is 2. The van der Waals surface area contributed by atoms with Gasteiger partial charge in [-0.25, -0.2) is 9.97 Å². The molecule has 5 heteroatoms. The van der Waals surface area contributed by atoms with E-state index in [1.807, 2.05) is 22.8 Å². The molecule has 0 bridgehead atoms. The van der Waals surface area contributed by atoms with Gasteiger partial charge in [0.25, 0.3) is 0 Å². The number of aliphatic hydroxyl groups excluding tert-OH is 1. The molecule has 0 fully saturated rings. The third-order valence-electron chi connectivity index (χ3n) is 4.08. The Hall–Kier alpha value is -3.05. The van der Waals surface area contributed by atoms with Crippen LogP contribution >= 0.6 is 0 Å². The monoisotopic (exact) mass is 336 g/mol. The van der Waals surface area contributed by atoms with Gasteiger partial charge < -0.3 is 5.11 Å². The van der Waals surface area contributed by atoms with Gasteiger partial charge in [-0.05, 0) is 54.4 Å². The molecule has 0 aliphatic heterocycles. The van der Waals surface area contributed by atoms with E-state index in [2.05, 4.69) is 9.97 Å². The predicted octanol–water partition coefficient (Wildman–Crippen LogP) is 4.28. The molecular formula is C20H16FN3O. The van der Waals surface area contributed by atoms with Gasteiger partial charge in [0.1, 0.15) is 6.33 Å². The molecule has 2 heterocycles. The molecule has 124 valence electrons. The molecule has 1 atom stereocenters. The number of hydrogen-bond donors (Lipinski definition) is 1. The molecule has 2 aromatic carbocycles. The van der Waals surface area contributed by atoms with Crippen LogP contribution in [0.2, 0.25) is 0 Å². The zero-order valence-corrected chi connectivity index (χ0v) is 13.1. The number of hydrogen-bond acceptors (Lipinski definition) is 3. The van der Waals surface area contributed by atoms with Crippen molar-refractivity contribution in [1.29, 1.82) is 0 Å². The molecule has 4 rings (SSSR count). The van der Waals surface area contributed by atoms with Crippen LogP contribution in [0.1, 0.15) is 22.6 Å². The highest BCUT2D eigenvalue weighted by Crippen LogP contribution is 2.26. The maximum absolute atomic E-state index is 14.0. The minimum Gasteiger partial charge on any atom is -0.389 e. The van der Waals surface area contributed by atoms with Crippen molar-refractivity contribution in [2.75, 3.05) is 0 Å². The van der Waals surface area contributed by atoms with Crippen molar-refractivity contribution in [2.45, 2.75) is 13.0 Å². The van der Waals surface area contributed by atoms with Gasteiger partial charge in [0, 0.05) is 21.6 Å². The van der Waals surface area contributed by atoms with E-state index >= 15 is 0 Å². The lowest BCUT2D eigenvalue weighted by Gasteiger charge is -2.09. The Balaban J connectivity index is 1.76. The smallest absolute Gasteiger partial charge is 0.220 e. The summed E-state index contributed by atoms with van der Waals surface area (Å²) in [6.07, 6.45) is 1.44. The fraction of sp³-hybridized carbons (Fsp3) is 0.100. The van der Waals surface area contributed by atoms with E-state index in [0.29, 0.717) is 16.6 Å². The van der Waals surface area contributed by atoms with Gasteiger partial charge in [-0.3, -0.25) is 4.57 Å². The molecule has 25 heavy (non-hydrogen) atoms. The van der Waals surface area contributed by atoms with Crippen molar-refractivity contribution < 1.29 is 13.6 Å². The van der Waals surface area contributed by atoms with Crippen molar-refractivity contribution in [1.82, 2.24) is 14.5 Å². The van der Waals surface area contributed by atoms with Crippen LogP contribution in [0.4, 0.5) is 4.39 Å². The summed E-state index contributed by atoms with van der Waals surface area (Å²) in [5.41, 5.74) is 3.43. The normalized spacial score (nSPS) is 14.7. The van der Waals surface area contributed by atoms with Gasteiger partial charge in [-0.15, -0.1) is 0 Å². The summed E-state index contributed by atoms with van der Waals surface area (Å²) in [4.78, 5) is 8.01. The number of halogens is 1. The Kier molecular flexibility index (Phi) is 3.01. The lowest BCUT2D eigenvalue weighted by Crippen LogP contribution is -1.95. The number of fused-ring (bicyclic) bond motifs is 1. The van der Waals surface area contributed by atoms with Crippen molar-refractivity contribution in [3.8, 4) is 16.8 Å². The van der Waals surface area contributed by atoms with Crippen molar-refractivity contribution in [2.24, 2.45) is 0 Å². The van der Waals surface area contributed by atoms with Crippen LogP contribution in [0.25, 0.3) is 27.8 Å². The first-order chi connectivity index (χ1) is 13.3. The second-order valence-electron chi connectivity index (χ2n) is 5.66. The summed E-state index contributed by atoms with van der Waals surface area (Å²) in [5, 5.41) is 9.99. The highest BCUT2D eigenvalue weighted by molar-refractivity contribution is 5.79. The summed E-state index contributed by atoms with van der Waals surface area (Å²) in [5.74, 6) is -0.543. The van der Waals surface area contributed by atoms with Crippen LogP contribution in [-0.2, 0) is 0 Å². The summed E-state index contributed by atoms with van der Waals surface area (Å²) >= 11 is 0. The lowest BCUT2D eigenvalue weighted by molar-refractivity contribution is 0.199. The van der Waals surface area contributed by atoms with E-state index in [9.17, 15) is 9.50 Å². The number of pyridine rings is 1. The van der Waals surface area contributed by atoms with Crippen LogP contribution in [0.5, 0.6) is 0 Å². The Morgan fingerprint density at radius 1 is 1.12 bits per heavy atom. The lowest BCUT2D eigenvalue weighted by atomic mass is 10.1. The zero-order chi connectivity index (χ0) is 19.9. The topological polar surface area (TPSA) is 50.9 Å². The largest absolute Gasteiger partial charge is 0.389 e. The number of aliphatic hydroxyl groups is 1. The quantitative estimate of drug-likeness (QED) is 0.568. The number of rotatable bonds is 3. The van der Waals surface area contributed by atoms with Crippen molar-refractivity contribution >= 4 is 11.0 Å². The molecule has 0 radical (unpaired) electrons. The van der Waals surface area contributed by atoms with E-state index < -0.39 is 18.9 Å². The van der Waals surface area contributed by atoms with Crippen LogP contribution in [0.3, 0.4) is 0 Å². The van der Waals surface area contributed by atoms with Gasteiger partial charge in [0.05, 0.1) is 17.1 Å². The Bertz CT molecular complexity index is 1160. The third-order valence-corrected chi connectivity index (χ3v) is 4.08. The Morgan fingerprint density at radius 2 is 2.04 bits per heavy atom. The standard InChI is InChI=1S/C20H16FN3O/c1-13(25)14-7-8-19-18(11-14)23-12-24(19)16-5-2-4-15(10-16)17-6-3-9-22-20(17)21/h2-13,25H,1H3/i1D3. The summed E-state index contributed by atoms with van der Waals surface area (Å²) < 4.78 is 37.9. The Labute approximate surface area is 148 Å². The van der Waals surface area contributed by atoms with Gasteiger partial charge in [-0.1, -0.05) is 18.2 Å². The van der Waals surface area contributed by atoms with Crippen molar-refractivity contribution in [3.05, 3.63) is 78.6 Å². The van der Waals surface area contributed by atoms with E-state index in [4.69, 9.17) is 4.11 Å². The summed E-state index contributed by atoms with van der Waals surface area (Å²) in [6.45, 7) is -2.50. The molecule has 4 nitrogen and oxygen atoms in total. The second kappa shape index (κ2) is 6.11. The summed E-state index contributed by atoms with van der Waals surface area (Å²) in [6, 6.07) is 15.5. The minimum absolute atomic E-state index is 0.281. The van der Waals surface area contributed by atoms with E-state index in [1.165, 1.54) is 6.20 Å². The van der Waals surface area contributed by atoms with Crippen LogP contribution in [-0.4, -0.2) is 19.6 Å². The molecule has 1 N–H and O–H groups in total. The average molecular weight is 336 g/mol. The van der Waals surface area contributed by atoms with E-state index in [-0.39, 0.29) is 5.56 Å². The molecule has 4 aromatic rings. The summed E-state index contributed by atoms with van der Waals surface area (Å²) in [7, 11) is 0. The van der Waals surface area contributed by atoms with Crippen molar-refractivity contribution in [3.63, 3.8) is 0 Å². The van der Waals surface area contributed by atoms with Gasteiger partial charge in [0.2, 0.25) is 5.95 Å². The molecule has 0 saturated carbocycles. The first kappa shape index (κ1) is 12.3. The SMILES string of the molecule is [2H]C([2H])([2H])C(O)c1ccc2c(c1)ncn2-c1cccc(-c2cccnc2F)c1. The maximum Gasteiger partial charge on any atom is 0.220 e. The highest BCUT2D eigenvalue weighted by Gasteiger charge is 2.10. The number of aromatic nitrogens is 3. The molecule has 0 amide bonds. The molecule has 1 unspecified atom stereocenters. The van der Waals surface area contributed by atoms with E-state index in [1.54, 1.807) is 42.7 Å². The van der Waals surface area contributed by atoms with Gasteiger partial charge >= 0.3 is 0 Å². The zero-order valence-electron chi connectivity index (χ0n) is 16.1. The molecule has 2 aromatic heterocycles. The molecule has 0 spiro atoms. The Morgan fingerprint density at radius 3 is 2.88 bits per heavy atom. The number of imidazole rings is 1. The minimum atomic E-state index is -2.50. The fourth-order valence-electron chi connectivity index (χ4n) is 2.83. The molecule has 0 aliphatic rings. The number of nitrogens with zero attached hydrogens (tertiary/aromatic N) is 3. The molecule has 0 saturated heterocycles. The second-order valence-corrected chi connectivity index (χ2v) is 5.66. The fourth-order valence-corrected chi connectivity index (χ4v) is 2.83. The van der Waals surface area contributed by atoms with Gasteiger partial charge in [0.15, 0.2) is 0 Å². The van der Waals surface area contributed by atoms with Crippen LogP contribution < -0.4 is 0 Å². The molecular weight excluding hydrogens is 317 g/mol. The van der Waals surface area contributed by atoms with Crippen LogP contribution in [0, 0.1) is 5.95 Å². The first-order valence-corrected chi connectivity index (χ1v) is 7.71. The molecule has 0 aliphatic carbocycles.